The quantitative estimate of drug-likeness (QED) is 0.797. The minimum atomic E-state index is -3.24. The summed E-state index contributed by atoms with van der Waals surface area (Å²) in [5, 5.41) is 0. The van der Waals surface area contributed by atoms with Crippen molar-refractivity contribution in [3.8, 4) is 5.75 Å². The Morgan fingerprint density at radius 1 is 1.29 bits per heavy atom. The number of nitrogens with zero attached hydrogens (tertiary/aromatic N) is 2. The number of rotatable bonds is 6. The summed E-state index contributed by atoms with van der Waals surface area (Å²) in [5.41, 5.74) is 0. The lowest BCUT2D eigenvalue weighted by molar-refractivity contribution is 0.189. The van der Waals surface area contributed by atoms with Crippen molar-refractivity contribution in [3.63, 3.8) is 0 Å². The molecule has 1 aliphatic heterocycles. The number of likely N-dealkylation sites (N-methyl/N-ethyl adjacent to an activating group) is 1. The van der Waals surface area contributed by atoms with Crippen LogP contribution in [0.4, 0.5) is 0 Å². The molecule has 0 amide bonds. The summed E-state index contributed by atoms with van der Waals surface area (Å²) in [6, 6.07) is 9.61. The third kappa shape index (κ3) is 4.69. The number of benzene rings is 1. The van der Waals surface area contributed by atoms with E-state index in [-0.39, 0.29) is 12.4 Å². The Balaban J connectivity index is 1.86. The van der Waals surface area contributed by atoms with Crippen LogP contribution in [0.3, 0.4) is 0 Å². The van der Waals surface area contributed by atoms with Gasteiger partial charge in [0.2, 0.25) is 10.0 Å². The smallest absolute Gasteiger partial charge is 0.217 e. The SMILES string of the molecule is CN(C)C1CCCN(S(=O)(=O)CCOc2ccccc2)C1. The Morgan fingerprint density at radius 3 is 2.67 bits per heavy atom. The van der Waals surface area contributed by atoms with Crippen molar-refractivity contribution in [2.24, 2.45) is 0 Å². The van der Waals surface area contributed by atoms with E-state index >= 15 is 0 Å². The second-order valence-electron chi connectivity index (χ2n) is 5.60. The maximum atomic E-state index is 12.4. The lowest BCUT2D eigenvalue weighted by atomic mass is 10.1. The number of hydrogen-bond acceptors (Lipinski definition) is 4. The zero-order valence-electron chi connectivity index (χ0n) is 12.7. The Labute approximate surface area is 127 Å². The van der Waals surface area contributed by atoms with Crippen LogP contribution in [0.5, 0.6) is 5.75 Å². The summed E-state index contributed by atoms with van der Waals surface area (Å²) in [6.07, 6.45) is 1.97. The molecular weight excluding hydrogens is 288 g/mol. The van der Waals surface area contributed by atoms with E-state index in [4.69, 9.17) is 4.74 Å². The van der Waals surface area contributed by atoms with E-state index in [0.29, 0.717) is 24.9 Å². The third-order valence-electron chi connectivity index (χ3n) is 3.84. The highest BCUT2D eigenvalue weighted by Crippen LogP contribution is 2.17. The lowest BCUT2D eigenvalue weighted by Gasteiger charge is -2.35. The fraction of sp³-hybridized carbons (Fsp3) is 0.600. The van der Waals surface area contributed by atoms with E-state index in [2.05, 4.69) is 4.90 Å². The van der Waals surface area contributed by atoms with E-state index in [0.717, 1.165) is 12.8 Å². The number of piperidine rings is 1. The summed E-state index contributed by atoms with van der Waals surface area (Å²) in [5.74, 6) is 0.736. The first-order chi connectivity index (χ1) is 9.99. The molecule has 0 bridgehead atoms. The Hall–Kier alpha value is -1.11. The van der Waals surface area contributed by atoms with Crippen LogP contribution in [0, 0.1) is 0 Å². The van der Waals surface area contributed by atoms with Crippen LogP contribution >= 0.6 is 0 Å². The Bertz CT molecular complexity index is 531. The van der Waals surface area contributed by atoms with Crippen molar-refractivity contribution >= 4 is 10.0 Å². The monoisotopic (exact) mass is 312 g/mol. The highest BCUT2D eigenvalue weighted by molar-refractivity contribution is 7.89. The normalized spacial score (nSPS) is 20.6. The van der Waals surface area contributed by atoms with Crippen LogP contribution in [0.15, 0.2) is 30.3 Å². The molecule has 0 N–H and O–H groups in total. The van der Waals surface area contributed by atoms with Gasteiger partial charge in [0.15, 0.2) is 0 Å². The van der Waals surface area contributed by atoms with Gasteiger partial charge in [-0.25, -0.2) is 12.7 Å². The second-order valence-corrected chi connectivity index (χ2v) is 7.68. The van der Waals surface area contributed by atoms with E-state index in [1.54, 1.807) is 4.31 Å². The van der Waals surface area contributed by atoms with Gasteiger partial charge in [0.1, 0.15) is 12.4 Å². The molecule has 0 radical (unpaired) electrons. The van der Waals surface area contributed by atoms with Crippen molar-refractivity contribution in [2.75, 3.05) is 39.5 Å². The average molecular weight is 312 g/mol. The van der Waals surface area contributed by atoms with Crippen molar-refractivity contribution in [3.05, 3.63) is 30.3 Å². The van der Waals surface area contributed by atoms with Crippen LogP contribution < -0.4 is 4.74 Å². The molecule has 1 aromatic rings. The van der Waals surface area contributed by atoms with E-state index in [1.165, 1.54) is 0 Å². The molecule has 1 atom stereocenters. The van der Waals surface area contributed by atoms with Gasteiger partial charge in [-0.1, -0.05) is 18.2 Å². The van der Waals surface area contributed by atoms with Crippen LogP contribution in [0.2, 0.25) is 0 Å². The summed E-state index contributed by atoms with van der Waals surface area (Å²) in [4.78, 5) is 2.10. The minimum absolute atomic E-state index is 0.0298. The zero-order valence-corrected chi connectivity index (χ0v) is 13.6. The van der Waals surface area contributed by atoms with Crippen LogP contribution in [0.25, 0.3) is 0 Å². The molecule has 5 nitrogen and oxygen atoms in total. The molecule has 1 heterocycles. The molecule has 0 spiro atoms. The third-order valence-corrected chi connectivity index (χ3v) is 5.64. The van der Waals surface area contributed by atoms with E-state index in [1.807, 2.05) is 44.4 Å². The number of para-hydroxylation sites is 1. The minimum Gasteiger partial charge on any atom is -0.492 e. The second kappa shape index (κ2) is 7.24. The van der Waals surface area contributed by atoms with Gasteiger partial charge in [0.05, 0.1) is 5.75 Å². The maximum Gasteiger partial charge on any atom is 0.217 e. The number of ether oxygens (including phenoxy) is 1. The van der Waals surface area contributed by atoms with Gasteiger partial charge < -0.3 is 9.64 Å². The molecule has 1 unspecified atom stereocenters. The Kier molecular flexibility index (Phi) is 5.61. The molecule has 0 aromatic heterocycles. The Morgan fingerprint density at radius 2 is 2.00 bits per heavy atom. The van der Waals surface area contributed by atoms with Gasteiger partial charge in [-0.15, -0.1) is 0 Å². The topological polar surface area (TPSA) is 49.9 Å². The standard InChI is InChI=1S/C15H24N2O3S/c1-16(2)14-7-6-10-17(13-14)21(18,19)12-11-20-15-8-4-3-5-9-15/h3-5,8-9,14H,6-7,10-13H2,1-2H3. The predicted molar refractivity (Wildman–Crippen MR) is 84.0 cm³/mol. The zero-order chi connectivity index (χ0) is 15.3. The summed E-state index contributed by atoms with van der Waals surface area (Å²) < 4.78 is 31.8. The van der Waals surface area contributed by atoms with Gasteiger partial charge in [-0.05, 0) is 39.1 Å². The number of sulfonamides is 1. The van der Waals surface area contributed by atoms with Crippen LogP contribution in [-0.4, -0.2) is 63.2 Å². The van der Waals surface area contributed by atoms with Gasteiger partial charge in [-0.2, -0.15) is 0 Å². The van der Waals surface area contributed by atoms with Crippen LogP contribution in [-0.2, 0) is 10.0 Å². The maximum absolute atomic E-state index is 12.4. The van der Waals surface area contributed by atoms with Crippen LogP contribution in [0.1, 0.15) is 12.8 Å². The van der Waals surface area contributed by atoms with Gasteiger partial charge in [0, 0.05) is 19.1 Å². The average Bonchev–Trinajstić information content (AvgIpc) is 2.48. The number of hydrogen-bond donors (Lipinski definition) is 0. The molecule has 6 heteroatoms. The molecule has 1 fully saturated rings. The largest absolute Gasteiger partial charge is 0.492 e. The summed E-state index contributed by atoms with van der Waals surface area (Å²) in [7, 11) is 0.760. The summed E-state index contributed by atoms with van der Waals surface area (Å²) in [6.45, 7) is 1.40. The molecule has 1 saturated heterocycles. The molecule has 0 aliphatic carbocycles. The first-order valence-corrected chi connectivity index (χ1v) is 8.92. The van der Waals surface area contributed by atoms with Crippen molar-refractivity contribution in [1.29, 1.82) is 0 Å². The van der Waals surface area contributed by atoms with Gasteiger partial charge in [0.25, 0.3) is 0 Å². The fourth-order valence-corrected chi connectivity index (χ4v) is 3.86. The first-order valence-electron chi connectivity index (χ1n) is 7.31. The molecular formula is C15H24N2O3S. The van der Waals surface area contributed by atoms with Gasteiger partial charge in [-0.3, -0.25) is 0 Å². The fourth-order valence-electron chi connectivity index (χ4n) is 2.51. The molecule has 1 aliphatic rings. The molecule has 21 heavy (non-hydrogen) atoms. The van der Waals surface area contributed by atoms with Crippen molar-refractivity contribution < 1.29 is 13.2 Å². The lowest BCUT2D eigenvalue weighted by Crippen LogP contribution is -2.48. The summed E-state index contributed by atoms with van der Waals surface area (Å²) >= 11 is 0. The van der Waals surface area contributed by atoms with Gasteiger partial charge >= 0.3 is 0 Å². The highest BCUT2D eigenvalue weighted by atomic mass is 32.2. The first kappa shape index (κ1) is 16.3. The predicted octanol–water partition coefficient (Wildman–Crippen LogP) is 1.42. The molecule has 0 saturated carbocycles. The van der Waals surface area contributed by atoms with E-state index in [9.17, 15) is 8.42 Å². The van der Waals surface area contributed by atoms with Crippen molar-refractivity contribution in [2.45, 2.75) is 18.9 Å². The molecule has 1 aromatic carbocycles. The van der Waals surface area contributed by atoms with E-state index < -0.39 is 10.0 Å². The van der Waals surface area contributed by atoms with Crippen molar-refractivity contribution in [1.82, 2.24) is 9.21 Å². The highest BCUT2D eigenvalue weighted by Gasteiger charge is 2.29. The molecule has 2 rings (SSSR count). The molecule has 118 valence electrons.